The lowest BCUT2D eigenvalue weighted by molar-refractivity contribution is -0.384. The van der Waals surface area contributed by atoms with Gasteiger partial charge in [-0.1, -0.05) is 6.07 Å². The number of aliphatic hydroxyl groups is 1. The summed E-state index contributed by atoms with van der Waals surface area (Å²) in [6, 6.07) is 5.12. The third kappa shape index (κ3) is 2.55. The summed E-state index contributed by atoms with van der Waals surface area (Å²) in [7, 11) is 0. The van der Waals surface area contributed by atoms with E-state index in [4.69, 9.17) is 0 Å². The largest absolute Gasteiger partial charge is 0.396 e. The van der Waals surface area contributed by atoms with Gasteiger partial charge < -0.3 is 10.4 Å². The van der Waals surface area contributed by atoms with Crippen molar-refractivity contribution >= 4 is 11.4 Å². The minimum atomic E-state index is -0.381. The van der Waals surface area contributed by atoms with Gasteiger partial charge in [-0.2, -0.15) is 0 Å². The Labute approximate surface area is 99.6 Å². The number of hydrogen-bond donors (Lipinski definition) is 2. The van der Waals surface area contributed by atoms with Crippen molar-refractivity contribution in [3.8, 4) is 0 Å². The topological polar surface area (TPSA) is 75.4 Å². The molecule has 0 unspecified atom stereocenters. The maximum Gasteiger partial charge on any atom is 0.292 e. The summed E-state index contributed by atoms with van der Waals surface area (Å²) in [5.74, 6) is 0. The molecule has 17 heavy (non-hydrogen) atoms. The summed E-state index contributed by atoms with van der Waals surface area (Å²) in [6.45, 7) is 2.56. The molecule has 0 amide bonds. The first-order chi connectivity index (χ1) is 8.06. The second-order valence-corrected chi connectivity index (χ2v) is 4.79. The average Bonchev–Trinajstić information content (AvgIpc) is 3.08. The van der Waals surface area contributed by atoms with Crippen LogP contribution >= 0.6 is 0 Å². The van der Waals surface area contributed by atoms with Gasteiger partial charge in [0.15, 0.2) is 0 Å². The molecule has 92 valence electrons. The Balaban J connectivity index is 2.12. The van der Waals surface area contributed by atoms with E-state index in [1.807, 2.05) is 13.0 Å². The zero-order valence-corrected chi connectivity index (χ0v) is 9.77. The van der Waals surface area contributed by atoms with Crippen LogP contribution in [0.2, 0.25) is 0 Å². The number of nitrogens with one attached hydrogen (secondary N) is 1. The van der Waals surface area contributed by atoms with Crippen molar-refractivity contribution in [2.24, 2.45) is 5.41 Å². The van der Waals surface area contributed by atoms with E-state index in [9.17, 15) is 15.2 Å². The molecule has 0 atom stereocenters. The molecule has 2 N–H and O–H groups in total. The molecule has 0 radical (unpaired) electrons. The standard InChI is InChI=1S/C12H16N2O3/c1-9-2-3-10(11(6-9)14(16)17)13-7-12(8-15)4-5-12/h2-3,6,13,15H,4-5,7-8H2,1H3. The normalized spacial score (nSPS) is 16.6. The summed E-state index contributed by atoms with van der Waals surface area (Å²) >= 11 is 0. The van der Waals surface area contributed by atoms with E-state index in [1.54, 1.807) is 12.1 Å². The lowest BCUT2D eigenvalue weighted by Crippen LogP contribution is -2.19. The van der Waals surface area contributed by atoms with Crippen LogP contribution in [0.15, 0.2) is 18.2 Å². The first kappa shape index (κ1) is 11.9. The quantitative estimate of drug-likeness (QED) is 0.606. The molecule has 0 saturated heterocycles. The molecule has 0 heterocycles. The zero-order chi connectivity index (χ0) is 12.5. The molecule has 2 rings (SSSR count). The number of nitrogens with zero attached hydrogens (tertiary/aromatic N) is 1. The number of benzene rings is 1. The van der Waals surface area contributed by atoms with Gasteiger partial charge in [0.25, 0.3) is 5.69 Å². The molecule has 1 aliphatic carbocycles. The van der Waals surface area contributed by atoms with Gasteiger partial charge in [-0.05, 0) is 31.4 Å². The van der Waals surface area contributed by atoms with Gasteiger partial charge in [0, 0.05) is 18.0 Å². The molecule has 0 bridgehead atoms. The van der Waals surface area contributed by atoms with Crippen LogP contribution in [0.3, 0.4) is 0 Å². The molecule has 5 nitrogen and oxygen atoms in total. The summed E-state index contributed by atoms with van der Waals surface area (Å²) in [6.07, 6.45) is 1.96. The molecule has 5 heteroatoms. The van der Waals surface area contributed by atoms with Gasteiger partial charge in [0.1, 0.15) is 5.69 Å². The summed E-state index contributed by atoms with van der Waals surface area (Å²) < 4.78 is 0. The van der Waals surface area contributed by atoms with Crippen LogP contribution in [0.5, 0.6) is 0 Å². The molecule has 0 aromatic heterocycles. The first-order valence-electron chi connectivity index (χ1n) is 5.66. The number of hydrogen-bond acceptors (Lipinski definition) is 4. The van der Waals surface area contributed by atoms with E-state index in [1.165, 1.54) is 0 Å². The third-order valence-electron chi connectivity index (χ3n) is 3.30. The van der Waals surface area contributed by atoms with E-state index in [0.717, 1.165) is 18.4 Å². The zero-order valence-electron chi connectivity index (χ0n) is 9.77. The summed E-state index contributed by atoms with van der Waals surface area (Å²) in [4.78, 5) is 10.5. The summed E-state index contributed by atoms with van der Waals surface area (Å²) in [5, 5.41) is 23.2. The van der Waals surface area contributed by atoms with E-state index in [0.29, 0.717) is 12.2 Å². The number of rotatable bonds is 5. The minimum Gasteiger partial charge on any atom is -0.396 e. The van der Waals surface area contributed by atoms with Crippen LogP contribution < -0.4 is 5.32 Å². The second kappa shape index (κ2) is 4.33. The van der Waals surface area contributed by atoms with Crippen molar-refractivity contribution in [2.45, 2.75) is 19.8 Å². The van der Waals surface area contributed by atoms with E-state index < -0.39 is 0 Å². The minimum absolute atomic E-state index is 0.0568. The SMILES string of the molecule is Cc1ccc(NCC2(CO)CC2)c([N+](=O)[O-])c1. The van der Waals surface area contributed by atoms with Crippen LogP contribution in [0, 0.1) is 22.5 Å². The van der Waals surface area contributed by atoms with Gasteiger partial charge in [-0.15, -0.1) is 0 Å². The highest BCUT2D eigenvalue weighted by Gasteiger charge is 2.41. The van der Waals surface area contributed by atoms with Gasteiger partial charge in [-0.3, -0.25) is 10.1 Å². The number of aliphatic hydroxyl groups excluding tert-OH is 1. The Hall–Kier alpha value is -1.62. The molecule has 1 aromatic carbocycles. The Bertz CT molecular complexity index is 441. The van der Waals surface area contributed by atoms with Gasteiger partial charge >= 0.3 is 0 Å². The fraction of sp³-hybridized carbons (Fsp3) is 0.500. The fourth-order valence-electron chi connectivity index (χ4n) is 1.79. The van der Waals surface area contributed by atoms with Crippen LogP contribution in [0.1, 0.15) is 18.4 Å². The van der Waals surface area contributed by atoms with Gasteiger partial charge in [-0.25, -0.2) is 0 Å². The van der Waals surface area contributed by atoms with Crippen molar-refractivity contribution in [1.82, 2.24) is 0 Å². The maximum absolute atomic E-state index is 10.9. The van der Waals surface area contributed by atoms with E-state index in [-0.39, 0.29) is 22.6 Å². The van der Waals surface area contributed by atoms with Crippen molar-refractivity contribution in [2.75, 3.05) is 18.5 Å². The Morgan fingerprint density at radius 3 is 2.76 bits per heavy atom. The van der Waals surface area contributed by atoms with Crippen LogP contribution in [-0.4, -0.2) is 23.2 Å². The molecule has 0 spiro atoms. The lowest BCUT2D eigenvalue weighted by atomic mass is 10.1. The van der Waals surface area contributed by atoms with Crippen molar-refractivity contribution in [3.63, 3.8) is 0 Å². The Morgan fingerprint density at radius 2 is 2.24 bits per heavy atom. The molecule has 1 aliphatic rings. The highest BCUT2D eigenvalue weighted by molar-refractivity contribution is 5.62. The van der Waals surface area contributed by atoms with E-state index >= 15 is 0 Å². The van der Waals surface area contributed by atoms with Crippen LogP contribution in [0.4, 0.5) is 11.4 Å². The predicted molar refractivity (Wildman–Crippen MR) is 65.1 cm³/mol. The monoisotopic (exact) mass is 236 g/mol. The fourth-order valence-corrected chi connectivity index (χ4v) is 1.79. The van der Waals surface area contributed by atoms with Crippen molar-refractivity contribution < 1.29 is 10.0 Å². The number of nitro benzene ring substituents is 1. The molecule has 1 fully saturated rings. The summed E-state index contributed by atoms with van der Waals surface area (Å²) in [5.41, 5.74) is 1.43. The molecular weight excluding hydrogens is 220 g/mol. The Morgan fingerprint density at radius 1 is 1.53 bits per heavy atom. The number of aryl methyl sites for hydroxylation is 1. The predicted octanol–water partition coefficient (Wildman–Crippen LogP) is 2.09. The van der Waals surface area contributed by atoms with Gasteiger partial charge in [0.05, 0.1) is 11.5 Å². The highest BCUT2D eigenvalue weighted by Crippen LogP contribution is 2.45. The molecular formula is C12H16N2O3. The van der Waals surface area contributed by atoms with Crippen LogP contribution in [0.25, 0.3) is 0 Å². The van der Waals surface area contributed by atoms with Crippen molar-refractivity contribution in [1.29, 1.82) is 0 Å². The lowest BCUT2D eigenvalue weighted by Gasteiger charge is -2.14. The molecule has 1 aromatic rings. The van der Waals surface area contributed by atoms with Gasteiger partial charge in [0.2, 0.25) is 0 Å². The molecule has 1 saturated carbocycles. The van der Waals surface area contributed by atoms with Crippen LogP contribution in [-0.2, 0) is 0 Å². The van der Waals surface area contributed by atoms with E-state index in [2.05, 4.69) is 5.32 Å². The smallest absolute Gasteiger partial charge is 0.292 e. The molecule has 0 aliphatic heterocycles. The number of nitro groups is 1. The first-order valence-corrected chi connectivity index (χ1v) is 5.66. The Kier molecular flexibility index (Phi) is 3.02. The average molecular weight is 236 g/mol. The number of anilines is 1. The van der Waals surface area contributed by atoms with Crippen molar-refractivity contribution in [3.05, 3.63) is 33.9 Å². The second-order valence-electron chi connectivity index (χ2n) is 4.79. The highest BCUT2D eigenvalue weighted by atomic mass is 16.6. The third-order valence-corrected chi connectivity index (χ3v) is 3.30. The maximum atomic E-state index is 10.9.